The molecule has 2 fully saturated rings. The molecule has 0 aromatic heterocycles. The van der Waals surface area contributed by atoms with Gasteiger partial charge in [-0.2, -0.15) is 0 Å². The normalized spacial score (nSPS) is 25.4. The Morgan fingerprint density at radius 2 is 1.95 bits per heavy atom. The van der Waals surface area contributed by atoms with E-state index in [1.807, 2.05) is 6.92 Å². The molecule has 1 heterocycles. The van der Waals surface area contributed by atoms with Gasteiger partial charge in [0.05, 0.1) is 6.10 Å². The van der Waals surface area contributed by atoms with E-state index in [9.17, 15) is 5.11 Å². The number of nitrogens with zero attached hydrogens (tertiary/aromatic N) is 1. The molecule has 0 spiro atoms. The molecule has 2 aliphatic rings. The van der Waals surface area contributed by atoms with E-state index in [2.05, 4.69) is 39.0 Å². The molecule has 110 valence electrons. The Morgan fingerprint density at radius 3 is 2.60 bits per heavy atom. The summed E-state index contributed by atoms with van der Waals surface area (Å²) in [6, 6.07) is 7.17. The van der Waals surface area contributed by atoms with E-state index in [-0.39, 0.29) is 0 Å². The van der Waals surface area contributed by atoms with E-state index in [0.717, 1.165) is 22.0 Å². The molecule has 1 aromatic rings. The number of halogens is 1. The van der Waals surface area contributed by atoms with Crippen molar-refractivity contribution in [2.75, 3.05) is 11.4 Å². The maximum atomic E-state index is 9.74. The molecule has 2 unspecified atom stereocenters. The van der Waals surface area contributed by atoms with Crippen molar-refractivity contribution in [3.8, 4) is 0 Å². The highest BCUT2D eigenvalue weighted by Crippen LogP contribution is 2.39. The van der Waals surface area contributed by atoms with Crippen molar-refractivity contribution in [1.29, 1.82) is 0 Å². The summed E-state index contributed by atoms with van der Waals surface area (Å²) < 4.78 is 1.03. The Morgan fingerprint density at radius 1 is 1.20 bits per heavy atom. The molecule has 1 aliphatic carbocycles. The van der Waals surface area contributed by atoms with E-state index in [1.54, 1.807) is 0 Å². The van der Waals surface area contributed by atoms with Crippen LogP contribution in [0.5, 0.6) is 0 Å². The summed E-state index contributed by atoms with van der Waals surface area (Å²) in [5, 5.41) is 9.74. The zero-order valence-electron chi connectivity index (χ0n) is 12.2. The second kappa shape index (κ2) is 6.07. The highest BCUT2D eigenvalue weighted by atomic mass is 79.9. The fourth-order valence-electron chi connectivity index (χ4n) is 3.98. The second-order valence-electron chi connectivity index (χ2n) is 6.33. The first-order valence-electron chi connectivity index (χ1n) is 7.91. The third kappa shape index (κ3) is 2.75. The molecule has 20 heavy (non-hydrogen) atoms. The van der Waals surface area contributed by atoms with Gasteiger partial charge in [0.2, 0.25) is 0 Å². The third-order valence-electron chi connectivity index (χ3n) is 5.01. The monoisotopic (exact) mass is 337 g/mol. The van der Waals surface area contributed by atoms with Gasteiger partial charge in [-0.05, 0) is 56.2 Å². The maximum absolute atomic E-state index is 9.74. The van der Waals surface area contributed by atoms with Gasteiger partial charge in [-0.25, -0.2) is 0 Å². The Kier molecular flexibility index (Phi) is 4.37. The van der Waals surface area contributed by atoms with Gasteiger partial charge in [0, 0.05) is 22.7 Å². The van der Waals surface area contributed by atoms with Crippen LogP contribution in [-0.2, 0) is 0 Å². The minimum atomic E-state index is -0.414. The summed E-state index contributed by atoms with van der Waals surface area (Å²) >= 11 is 3.61. The number of aliphatic hydroxyl groups is 1. The lowest BCUT2D eigenvalue weighted by molar-refractivity contribution is 0.198. The fraction of sp³-hybridized carbons (Fsp3) is 0.647. The van der Waals surface area contributed by atoms with Crippen molar-refractivity contribution in [1.82, 2.24) is 0 Å². The van der Waals surface area contributed by atoms with Crippen LogP contribution in [0.3, 0.4) is 0 Å². The summed E-state index contributed by atoms with van der Waals surface area (Å²) in [4.78, 5) is 2.60. The van der Waals surface area contributed by atoms with E-state index >= 15 is 0 Å². The quantitative estimate of drug-likeness (QED) is 0.866. The van der Waals surface area contributed by atoms with Crippen LogP contribution >= 0.6 is 15.9 Å². The van der Waals surface area contributed by atoms with Crippen molar-refractivity contribution < 1.29 is 5.11 Å². The molecule has 0 amide bonds. The number of hydrogen-bond donors (Lipinski definition) is 1. The molecular formula is C17H24BrNO. The summed E-state index contributed by atoms with van der Waals surface area (Å²) in [6.45, 7) is 3.00. The molecular weight excluding hydrogens is 314 g/mol. The molecule has 2 nitrogen and oxygen atoms in total. The molecule has 1 N–H and O–H groups in total. The minimum absolute atomic E-state index is 0.414. The van der Waals surface area contributed by atoms with Crippen LogP contribution in [0.1, 0.15) is 57.1 Å². The van der Waals surface area contributed by atoms with Gasteiger partial charge in [-0.1, -0.05) is 34.8 Å². The fourth-order valence-corrected chi connectivity index (χ4v) is 4.68. The lowest BCUT2D eigenvalue weighted by atomic mass is 9.95. The lowest BCUT2D eigenvalue weighted by Gasteiger charge is -2.31. The highest BCUT2D eigenvalue weighted by Gasteiger charge is 2.33. The molecule has 0 radical (unpaired) electrons. The average molecular weight is 338 g/mol. The van der Waals surface area contributed by atoms with Crippen molar-refractivity contribution in [2.45, 2.75) is 57.6 Å². The van der Waals surface area contributed by atoms with E-state index in [1.165, 1.54) is 50.8 Å². The van der Waals surface area contributed by atoms with Gasteiger partial charge in [0.25, 0.3) is 0 Å². The summed E-state index contributed by atoms with van der Waals surface area (Å²) in [5.74, 6) is 0.896. The smallest absolute Gasteiger partial charge is 0.0772 e. The maximum Gasteiger partial charge on any atom is 0.0772 e. The Bertz CT molecular complexity index is 468. The highest BCUT2D eigenvalue weighted by molar-refractivity contribution is 9.10. The van der Waals surface area contributed by atoms with Crippen LogP contribution in [0.25, 0.3) is 0 Å². The number of aliphatic hydroxyl groups excluding tert-OH is 1. The molecule has 2 atom stereocenters. The van der Waals surface area contributed by atoms with Gasteiger partial charge in [-0.3, -0.25) is 0 Å². The van der Waals surface area contributed by atoms with E-state index < -0.39 is 6.10 Å². The molecule has 1 aliphatic heterocycles. The van der Waals surface area contributed by atoms with Gasteiger partial charge < -0.3 is 10.0 Å². The van der Waals surface area contributed by atoms with E-state index in [0.29, 0.717) is 0 Å². The first kappa shape index (κ1) is 14.4. The van der Waals surface area contributed by atoms with Crippen molar-refractivity contribution in [3.63, 3.8) is 0 Å². The Hall–Kier alpha value is -0.540. The predicted octanol–water partition coefficient (Wildman–Crippen LogP) is 4.66. The lowest BCUT2D eigenvalue weighted by Crippen LogP contribution is -2.34. The van der Waals surface area contributed by atoms with Gasteiger partial charge in [0.15, 0.2) is 0 Å². The first-order valence-corrected chi connectivity index (χ1v) is 8.70. The summed E-state index contributed by atoms with van der Waals surface area (Å²) in [7, 11) is 0. The number of benzene rings is 1. The second-order valence-corrected chi connectivity index (χ2v) is 7.18. The predicted molar refractivity (Wildman–Crippen MR) is 87.1 cm³/mol. The topological polar surface area (TPSA) is 23.5 Å². The van der Waals surface area contributed by atoms with Crippen LogP contribution in [0.15, 0.2) is 22.7 Å². The molecule has 3 heteroatoms. The van der Waals surface area contributed by atoms with Gasteiger partial charge >= 0.3 is 0 Å². The zero-order valence-corrected chi connectivity index (χ0v) is 13.8. The van der Waals surface area contributed by atoms with Crippen LogP contribution in [0, 0.1) is 5.92 Å². The van der Waals surface area contributed by atoms with Crippen LogP contribution in [-0.4, -0.2) is 17.7 Å². The first-order chi connectivity index (χ1) is 9.66. The zero-order chi connectivity index (χ0) is 14.1. The average Bonchev–Trinajstić information content (AvgIpc) is 3.09. The molecule has 1 saturated carbocycles. The van der Waals surface area contributed by atoms with Crippen LogP contribution < -0.4 is 4.90 Å². The Balaban J connectivity index is 1.82. The van der Waals surface area contributed by atoms with Crippen molar-refractivity contribution in [3.05, 3.63) is 28.2 Å². The van der Waals surface area contributed by atoms with Crippen LogP contribution in [0.2, 0.25) is 0 Å². The number of anilines is 1. The largest absolute Gasteiger partial charge is 0.389 e. The van der Waals surface area contributed by atoms with Crippen molar-refractivity contribution >= 4 is 21.6 Å². The molecule has 3 rings (SSSR count). The van der Waals surface area contributed by atoms with Crippen LogP contribution in [0.4, 0.5) is 5.69 Å². The summed E-state index contributed by atoms with van der Waals surface area (Å²) in [6.07, 6.45) is 7.90. The van der Waals surface area contributed by atoms with Crippen molar-refractivity contribution in [2.24, 2.45) is 5.92 Å². The number of hydrogen-bond acceptors (Lipinski definition) is 2. The minimum Gasteiger partial charge on any atom is -0.389 e. The Labute approximate surface area is 130 Å². The molecule has 1 aromatic carbocycles. The summed E-state index contributed by atoms with van der Waals surface area (Å²) in [5.41, 5.74) is 2.29. The van der Waals surface area contributed by atoms with Gasteiger partial charge in [0.1, 0.15) is 0 Å². The molecule has 0 bridgehead atoms. The third-order valence-corrected chi connectivity index (χ3v) is 5.70. The van der Waals surface area contributed by atoms with E-state index in [4.69, 9.17) is 0 Å². The van der Waals surface area contributed by atoms with Gasteiger partial charge in [-0.15, -0.1) is 0 Å². The number of rotatable bonds is 3. The standard InChI is InChI=1S/C17H24BrNO/c1-12(20)15-9-8-14(11-16(15)18)19-10-4-7-17(19)13-5-2-3-6-13/h8-9,11-13,17,20H,2-7,10H2,1H3. The SMILES string of the molecule is CC(O)c1ccc(N2CCCC2C2CCCC2)cc1Br. The molecule has 1 saturated heterocycles.